The molecule has 0 saturated carbocycles. The quantitative estimate of drug-likeness (QED) is 0.0481. The predicted molar refractivity (Wildman–Crippen MR) is 236 cm³/mol. The Labute approximate surface area is 334 Å². The SMILES string of the molecule is O=C(O)CCCCCCCCCCCCCCCCCCCCCCCCCCCCCCCCCCCCCCCC=CCCCCCCCCO. The molecule has 53 heavy (non-hydrogen) atoms. The van der Waals surface area contributed by atoms with Crippen molar-refractivity contribution in [3.05, 3.63) is 12.2 Å². The fourth-order valence-corrected chi connectivity index (χ4v) is 8.04. The van der Waals surface area contributed by atoms with E-state index in [1.165, 1.54) is 270 Å². The second-order valence-electron chi connectivity index (χ2n) is 17.1. The lowest BCUT2D eigenvalue weighted by Gasteiger charge is -2.05. The molecule has 2 N–H and O–H groups in total. The third-order valence-electron chi connectivity index (χ3n) is 11.7. The number of hydrogen-bond acceptors (Lipinski definition) is 2. The van der Waals surface area contributed by atoms with Crippen LogP contribution in [0.3, 0.4) is 0 Å². The summed E-state index contributed by atoms with van der Waals surface area (Å²) in [5, 5.41) is 17.5. The van der Waals surface area contributed by atoms with Gasteiger partial charge in [-0.2, -0.15) is 0 Å². The van der Waals surface area contributed by atoms with Crippen LogP contribution in [0.1, 0.15) is 295 Å². The van der Waals surface area contributed by atoms with E-state index in [1.807, 2.05) is 0 Å². The van der Waals surface area contributed by atoms with E-state index in [2.05, 4.69) is 12.2 Å². The number of hydrogen-bond donors (Lipinski definition) is 2. The maximum Gasteiger partial charge on any atom is 0.303 e. The first-order chi connectivity index (χ1) is 26.3. The zero-order valence-electron chi connectivity index (χ0n) is 36.2. The molecule has 0 unspecified atom stereocenters. The lowest BCUT2D eigenvalue weighted by atomic mass is 10.0. The fraction of sp³-hybridized carbons (Fsp3) is 0.940. The molecule has 3 nitrogen and oxygen atoms in total. The highest BCUT2D eigenvalue weighted by atomic mass is 16.4. The van der Waals surface area contributed by atoms with Crippen molar-refractivity contribution in [2.24, 2.45) is 0 Å². The average Bonchev–Trinajstić information content (AvgIpc) is 3.15. The number of carboxylic acid groups (broad SMARTS) is 1. The van der Waals surface area contributed by atoms with Gasteiger partial charge >= 0.3 is 5.97 Å². The zero-order valence-corrected chi connectivity index (χ0v) is 36.2. The van der Waals surface area contributed by atoms with Gasteiger partial charge in [-0.25, -0.2) is 0 Å². The fourth-order valence-electron chi connectivity index (χ4n) is 8.04. The number of rotatable bonds is 48. The van der Waals surface area contributed by atoms with Crippen molar-refractivity contribution in [1.82, 2.24) is 0 Å². The molecule has 0 spiro atoms. The lowest BCUT2D eigenvalue weighted by Crippen LogP contribution is -1.93. The van der Waals surface area contributed by atoms with Crippen LogP contribution >= 0.6 is 0 Å². The van der Waals surface area contributed by atoms with Gasteiger partial charge in [-0.3, -0.25) is 4.79 Å². The van der Waals surface area contributed by atoms with Gasteiger partial charge in [0.2, 0.25) is 0 Å². The molecule has 0 aliphatic heterocycles. The summed E-state index contributed by atoms with van der Waals surface area (Å²) in [6, 6.07) is 0. The van der Waals surface area contributed by atoms with Crippen LogP contribution in [-0.4, -0.2) is 22.8 Å². The van der Waals surface area contributed by atoms with Crippen molar-refractivity contribution in [1.29, 1.82) is 0 Å². The number of aliphatic hydroxyl groups excluding tert-OH is 1. The van der Waals surface area contributed by atoms with Gasteiger partial charge in [0, 0.05) is 13.0 Å². The van der Waals surface area contributed by atoms with Crippen LogP contribution < -0.4 is 0 Å². The van der Waals surface area contributed by atoms with Crippen LogP contribution in [0, 0.1) is 0 Å². The first kappa shape index (κ1) is 52.2. The topological polar surface area (TPSA) is 57.5 Å². The molecule has 0 saturated heterocycles. The number of allylic oxidation sites excluding steroid dienone is 2. The molecule has 0 aliphatic rings. The van der Waals surface area contributed by atoms with Gasteiger partial charge in [-0.15, -0.1) is 0 Å². The molecule has 0 aromatic rings. The van der Waals surface area contributed by atoms with Gasteiger partial charge in [0.25, 0.3) is 0 Å². The number of aliphatic carboxylic acids is 1. The first-order valence-corrected chi connectivity index (χ1v) is 24.7. The van der Waals surface area contributed by atoms with E-state index in [1.54, 1.807) is 0 Å². The van der Waals surface area contributed by atoms with Crippen LogP contribution in [-0.2, 0) is 4.79 Å². The summed E-state index contributed by atoms with van der Waals surface area (Å²) < 4.78 is 0. The summed E-state index contributed by atoms with van der Waals surface area (Å²) in [5.41, 5.74) is 0. The van der Waals surface area contributed by atoms with Crippen LogP contribution in [0.4, 0.5) is 0 Å². The largest absolute Gasteiger partial charge is 0.481 e. The second kappa shape index (κ2) is 49.2. The van der Waals surface area contributed by atoms with Crippen molar-refractivity contribution in [2.45, 2.75) is 295 Å². The van der Waals surface area contributed by atoms with Gasteiger partial charge in [0.1, 0.15) is 0 Å². The van der Waals surface area contributed by atoms with Crippen LogP contribution in [0.5, 0.6) is 0 Å². The predicted octanol–water partition coefficient (Wildman–Crippen LogP) is 17.6. The normalized spacial score (nSPS) is 11.7. The standard InChI is InChI=1S/C50H98O3/c51-49-47-45-43-41-39-37-35-33-31-29-27-25-23-21-19-17-15-13-11-9-7-5-3-1-2-4-6-8-10-12-14-16-18-20-22-24-26-28-30-32-34-36-38-40-42-44-46-48-50(52)53/h31,33,51H,1-30,32,34-49H2,(H,52,53). The number of aliphatic hydroxyl groups is 1. The van der Waals surface area contributed by atoms with Crippen molar-refractivity contribution < 1.29 is 15.0 Å². The zero-order chi connectivity index (χ0) is 38.2. The molecule has 0 bridgehead atoms. The van der Waals surface area contributed by atoms with Crippen molar-refractivity contribution in [2.75, 3.05) is 6.61 Å². The van der Waals surface area contributed by atoms with Gasteiger partial charge in [-0.05, 0) is 38.5 Å². The molecule has 0 rings (SSSR count). The molecule has 0 heterocycles. The molecule has 0 radical (unpaired) electrons. The Kier molecular flexibility index (Phi) is 48.4. The molecule has 0 aliphatic carbocycles. The monoisotopic (exact) mass is 747 g/mol. The minimum atomic E-state index is -0.648. The summed E-state index contributed by atoms with van der Waals surface area (Å²) in [7, 11) is 0. The Bertz CT molecular complexity index is 688. The molecule has 0 fully saturated rings. The van der Waals surface area contributed by atoms with E-state index < -0.39 is 5.97 Å². The Morgan fingerprint density at radius 3 is 0.623 bits per heavy atom. The van der Waals surface area contributed by atoms with E-state index >= 15 is 0 Å². The molecular formula is C50H98O3. The molecular weight excluding hydrogens is 649 g/mol. The minimum absolute atomic E-state index is 0.345. The molecule has 0 aromatic heterocycles. The highest BCUT2D eigenvalue weighted by molar-refractivity contribution is 5.66. The van der Waals surface area contributed by atoms with Gasteiger partial charge in [0.15, 0.2) is 0 Å². The third kappa shape index (κ3) is 51.2. The van der Waals surface area contributed by atoms with Crippen LogP contribution in [0.2, 0.25) is 0 Å². The molecule has 0 amide bonds. The first-order valence-electron chi connectivity index (χ1n) is 24.7. The highest BCUT2D eigenvalue weighted by Crippen LogP contribution is 2.18. The summed E-state index contributed by atoms with van der Waals surface area (Å²) in [6.45, 7) is 0.360. The van der Waals surface area contributed by atoms with E-state index in [4.69, 9.17) is 10.2 Å². The average molecular weight is 747 g/mol. The van der Waals surface area contributed by atoms with Gasteiger partial charge < -0.3 is 10.2 Å². The van der Waals surface area contributed by atoms with E-state index in [-0.39, 0.29) is 0 Å². The number of carboxylic acids is 1. The Morgan fingerprint density at radius 2 is 0.434 bits per heavy atom. The van der Waals surface area contributed by atoms with Crippen LogP contribution in [0.15, 0.2) is 12.2 Å². The maximum atomic E-state index is 10.5. The third-order valence-corrected chi connectivity index (χ3v) is 11.7. The van der Waals surface area contributed by atoms with E-state index in [9.17, 15) is 4.79 Å². The van der Waals surface area contributed by atoms with Crippen molar-refractivity contribution >= 4 is 5.97 Å². The Morgan fingerprint density at radius 1 is 0.264 bits per heavy atom. The van der Waals surface area contributed by atoms with Gasteiger partial charge in [0.05, 0.1) is 0 Å². The summed E-state index contributed by atoms with van der Waals surface area (Å²) >= 11 is 0. The number of unbranched alkanes of at least 4 members (excludes halogenated alkanes) is 43. The smallest absolute Gasteiger partial charge is 0.303 e. The highest BCUT2D eigenvalue weighted by Gasteiger charge is 1.99. The molecule has 0 aromatic carbocycles. The summed E-state index contributed by atoms with van der Waals surface area (Å²) in [5.74, 6) is -0.648. The lowest BCUT2D eigenvalue weighted by molar-refractivity contribution is -0.137. The van der Waals surface area contributed by atoms with Crippen molar-refractivity contribution in [3.8, 4) is 0 Å². The van der Waals surface area contributed by atoms with Crippen LogP contribution in [0.25, 0.3) is 0 Å². The maximum absolute atomic E-state index is 10.5. The van der Waals surface area contributed by atoms with E-state index in [0.29, 0.717) is 13.0 Å². The Hall–Kier alpha value is -0.830. The van der Waals surface area contributed by atoms with E-state index in [0.717, 1.165) is 19.3 Å². The summed E-state index contributed by atoms with van der Waals surface area (Å²) in [4.78, 5) is 10.5. The van der Waals surface area contributed by atoms with Crippen molar-refractivity contribution in [3.63, 3.8) is 0 Å². The minimum Gasteiger partial charge on any atom is -0.481 e. The Balaban J connectivity index is 3.08. The molecule has 316 valence electrons. The summed E-state index contributed by atoms with van der Waals surface area (Å²) in [6.07, 6.45) is 67.5. The van der Waals surface area contributed by atoms with Gasteiger partial charge in [-0.1, -0.05) is 263 Å². The molecule has 3 heteroatoms. The number of carbonyl (C=O) groups is 1. The molecule has 0 atom stereocenters. The second-order valence-corrected chi connectivity index (χ2v) is 17.1.